The van der Waals surface area contributed by atoms with E-state index in [0.717, 1.165) is 0 Å². The Bertz CT molecular complexity index is 387. The van der Waals surface area contributed by atoms with Crippen molar-refractivity contribution in [1.29, 1.82) is 0 Å². The van der Waals surface area contributed by atoms with E-state index in [1.807, 2.05) is 0 Å². The van der Waals surface area contributed by atoms with E-state index in [1.165, 1.54) is 0 Å². The highest BCUT2D eigenvalue weighted by Crippen LogP contribution is 2.47. The smallest absolute Gasteiger partial charge is 0.432 e. The van der Waals surface area contributed by atoms with Crippen molar-refractivity contribution in [2.45, 2.75) is 13.8 Å². The fraction of sp³-hybridized carbons (Fsp3) is 0.455. The molecule has 0 aliphatic heterocycles. The third kappa shape index (κ3) is 4.38. The lowest BCUT2D eigenvalue weighted by Gasteiger charge is -2.18. The van der Waals surface area contributed by atoms with Gasteiger partial charge in [-0.1, -0.05) is 6.07 Å². The number of hydrogen-bond donors (Lipinski definition) is 1. The first-order valence-corrected chi connectivity index (χ1v) is 6.99. The average molecular weight is 259 g/mol. The van der Waals surface area contributed by atoms with Crippen LogP contribution in [0.25, 0.3) is 0 Å². The number of ether oxygens (including phenoxy) is 1. The third-order valence-corrected chi connectivity index (χ3v) is 3.66. The Morgan fingerprint density at radius 3 is 2.41 bits per heavy atom. The van der Waals surface area contributed by atoms with Crippen molar-refractivity contribution in [3.05, 3.63) is 24.3 Å². The van der Waals surface area contributed by atoms with Gasteiger partial charge in [0, 0.05) is 11.8 Å². The van der Waals surface area contributed by atoms with E-state index < -0.39 is 7.75 Å². The van der Waals surface area contributed by atoms with Crippen molar-refractivity contribution in [2.75, 3.05) is 25.4 Å². The molecule has 0 unspecified atom stereocenters. The van der Waals surface area contributed by atoms with E-state index in [9.17, 15) is 4.57 Å². The largest absolute Gasteiger partial charge is 0.497 e. The molecule has 0 radical (unpaired) electrons. The molecule has 0 aliphatic carbocycles. The maximum atomic E-state index is 12.2. The van der Waals surface area contributed by atoms with Gasteiger partial charge >= 0.3 is 7.75 Å². The van der Waals surface area contributed by atoms with Crippen LogP contribution in [0.2, 0.25) is 0 Å². The van der Waals surface area contributed by atoms with E-state index in [-0.39, 0.29) is 0 Å². The van der Waals surface area contributed by atoms with Gasteiger partial charge in [0.25, 0.3) is 0 Å². The van der Waals surface area contributed by atoms with Crippen LogP contribution in [0.1, 0.15) is 13.8 Å². The molecule has 1 N–H and O–H groups in total. The minimum Gasteiger partial charge on any atom is -0.497 e. The van der Waals surface area contributed by atoms with Crippen LogP contribution in [-0.2, 0) is 13.6 Å². The number of nitrogens with one attached hydrogen (secondary N) is 1. The maximum absolute atomic E-state index is 12.2. The molecule has 0 saturated carbocycles. The SMILES string of the molecule is CCOP(=O)(Nc1cccc(OC)c1)OCC. The summed E-state index contributed by atoms with van der Waals surface area (Å²) in [6.07, 6.45) is 0. The van der Waals surface area contributed by atoms with Gasteiger partial charge in [0.05, 0.1) is 20.3 Å². The minimum atomic E-state index is -3.28. The van der Waals surface area contributed by atoms with Crippen LogP contribution >= 0.6 is 7.75 Å². The molecule has 5 nitrogen and oxygen atoms in total. The second-order valence-electron chi connectivity index (χ2n) is 3.18. The first-order valence-electron chi connectivity index (χ1n) is 5.45. The van der Waals surface area contributed by atoms with Crippen molar-refractivity contribution >= 4 is 13.4 Å². The highest BCUT2D eigenvalue weighted by molar-refractivity contribution is 7.55. The van der Waals surface area contributed by atoms with Crippen LogP contribution in [0.15, 0.2) is 24.3 Å². The lowest BCUT2D eigenvalue weighted by Crippen LogP contribution is -2.05. The topological polar surface area (TPSA) is 56.8 Å². The Balaban J connectivity index is 2.81. The zero-order valence-electron chi connectivity index (χ0n) is 10.3. The van der Waals surface area contributed by atoms with Crippen LogP contribution in [0.3, 0.4) is 0 Å². The molecule has 0 aromatic heterocycles. The summed E-state index contributed by atoms with van der Waals surface area (Å²) in [5.74, 6) is 0.676. The first-order chi connectivity index (χ1) is 8.13. The first kappa shape index (κ1) is 14.0. The quantitative estimate of drug-likeness (QED) is 0.761. The highest BCUT2D eigenvalue weighted by atomic mass is 31.2. The molecule has 17 heavy (non-hydrogen) atoms. The molecule has 0 fully saturated rings. The van der Waals surface area contributed by atoms with Crippen molar-refractivity contribution in [2.24, 2.45) is 0 Å². The van der Waals surface area contributed by atoms with Gasteiger partial charge in [0.2, 0.25) is 0 Å². The second kappa shape index (κ2) is 6.64. The molecule has 1 aromatic rings. The number of anilines is 1. The van der Waals surface area contributed by atoms with E-state index in [0.29, 0.717) is 24.7 Å². The molecule has 0 spiro atoms. The summed E-state index contributed by atoms with van der Waals surface area (Å²) in [6.45, 7) is 4.15. The monoisotopic (exact) mass is 259 g/mol. The van der Waals surface area contributed by atoms with Gasteiger partial charge in [-0.15, -0.1) is 0 Å². The van der Waals surface area contributed by atoms with Crippen LogP contribution < -0.4 is 9.82 Å². The second-order valence-corrected chi connectivity index (χ2v) is 4.91. The molecule has 0 amide bonds. The van der Waals surface area contributed by atoms with Gasteiger partial charge < -0.3 is 4.74 Å². The lowest BCUT2D eigenvalue weighted by atomic mass is 10.3. The molecule has 0 atom stereocenters. The highest BCUT2D eigenvalue weighted by Gasteiger charge is 2.23. The van der Waals surface area contributed by atoms with Gasteiger partial charge in [-0.25, -0.2) is 4.57 Å². The van der Waals surface area contributed by atoms with E-state index in [1.54, 1.807) is 45.2 Å². The predicted octanol–water partition coefficient (Wildman–Crippen LogP) is 3.29. The lowest BCUT2D eigenvalue weighted by molar-refractivity contribution is 0.225. The molecule has 0 heterocycles. The van der Waals surface area contributed by atoms with Crippen molar-refractivity contribution < 1.29 is 18.3 Å². The summed E-state index contributed by atoms with van der Waals surface area (Å²) in [5.41, 5.74) is 0.634. The fourth-order valence-electron chi connectivity index (χ4n) is 1.29. The Morgan fingerprint density at radius 1 is 1.24 bits per heavy atom. The number of hydrogen-bond acceptors (Lipinski definition) is 4. The summed E-state index contributed by atoms with van der Waals surface area (Å²) in [4.78, 5) is 0. The van der Waals surface area contributed by atoms with Crippen LogP contribution in [0, 0.1) is 0 Å². The average Bonchev–Trinajstić information content (AvgIpc) is 2.29. The van der Waals surface area contributed by atoms with Crippen LogP contribution in [0.5, 0.6) is 5.75 Å². The standard InChI is InChI=1S/C11H18NO4P/c1-4-15-17(13,16-5-2)12-10-7-6-8-11(9-10)14-3/h6-9H,4-5H2,1-3H3,(H,12,13). The summed E-state index contributed by atoms with van der Waals surface area (Å²) < 4.78 is 27.5. The molecule has 6 heteroatoms. The van der Waals surface area contributed by atoms with Gasteiger partial charge in [0.15, 0.2) is 0 Å². The number of rotatable bonds is 7. The summed E-state index contributed by atoms with van der Waals surface area (Å²) >= 11 is 0. The number of methoxy groups -OCH3 is 1. The Kier molecular flexibility index (Phi) is 5.48. The van der Waals surface area contributed by atoms with Crippen LogP contribution in [-0.4, -0.2) is 20.3 Å². The van der Waals surface area contributed by atoms with E-state index in [2.05, 4.69) is 5.09 Å². The Labute approximate surface area is 102 Å². The molecule has 1 rings (SSSR count). The molecular weight excluding hydrogens is 241 g/mol. The fourth-order valence-corrected chi connectivity index (χ4v) is 2.63. The molecule has 1 aromatic carbocycles. The van der Waals surface area contributed by atoms with Gasteiger partial charge in [-0.05, 0) is 26.0 Å². The molecule has 96 valence electrons. The zero-order valence-corrected chi connectivity index (χ0v) is 11.2. The predicted molar refractivity (Wildman–Crippen MR) is 67.5 cm³/mol. The Hall–Kier alpha value is -1.03. The van der Waals surface area contributed by atoms with Crippen molar-refractivity contribution in [3.63, 3.8) is 0 Å². The van der Waals surface area contributed by atoms with Crippen LogP contribution in [0.4, 0.5) is 5.69 Å². The molecule has 0 saturated heterocycles. The van der Waals surface area contributed by atoms with Crippen molar-refractivity contribution in [1.82, 2.24) is 0 Å². The summed E-state index contributed by atoms with van der Waals surface area (Å²) in [5, 5.41) is 2.76. The zero-order chi connectivity index (χ0) is 12.7. The minimum absolute atomic E-state index is 0.314. The van der Waals surface area contributed by atoms with E-state index >= 15 is 0 Å². The number of benzene rings is 1. The molecule has 0 bridgehead atoms. The van der Waals surface area contributed by atoms with E-state index in [4.69, 9.17) is 13.8 Å². The summed E-state index contributed by atoms with van der Waals surface area (Å²) in [6, 6.07) is 7.10. The Morgan fingerprint density at radius 2 is 1.88 bits per heavy atom. The third-order valence-electron chi connectivity index (χ3n) is 1.93. The normalized spacial score (nSPS) is 11.2. The molecular formula is C11H18NO4P. The van der Waals surface area contributed by atoms with Gasteiger partial charge in [0.1, 0.15) is 5.75 Å². The van der Waals surface area contributed by atoms with Gasteiger partial charge in [-0.3, -0.25) is 14.1 Å². The van der Waals surface area contributed by atoms with Gasteiger partial charge in [-0.2, -0.15) is 0 Å². The molecule has 0 aliphatic rings. The van der Waals surface area contributed by atoms with Crippen molar-refractivity contribution in [3.8, 4) is 5.75 Å². The maximum Gasteiger partial charge on any atom is 0.432 e. The summed E-state index contributed by atoms with van der Waals surface area (Å²) in [7, 11) is -1.70.